The first-order valence-electron chi connectivity index (χ1n) is 4.12. The van der Waals surface area contributed by atoms with Crippen LogP contribution in [-0.4, -0.2) is 48.1 Å². The first kappa shape index (κ1) is 9.57. The van der Waals surface area contributed by atoms with E-state index in [-0.39, 0.29) is 0 Å². The highest BCUT2D eigenvalue weighted by atomic mass is 16.4. The molecular formula is C8H13N3O2. The van der Waals surface area contributed by atoms with Crippen LogP contribution in [0.25, 0.3) is 0 Å². The van der Waals surface area contributed by atoms with E-state index in [4.69, 9.17) is 5.11 Å². The smallest absolute Gasteiger partial charge is 0.404 e. The fourth-order valence-corrected chi connectivity index (χ4v) is 1.22. The van der Waals surface area contributed by atoms with E-state index < -0.39 is 6.09 Å². The van der Waals surface area contributed by atoms with Gasteiger partial charge >= 0.3 is 6.09 Å². The number of hydrogen-bond acceptors (Lipinski definition) is 3. The van der Waals surface area contributed by atoms with E-state index in [1.165, 1.54) is 0 Å². The third-order valence-corrected chi connectivity index (χ3v) is 1.81. The maximum Gasteiger partial charge on any atom is 0.404 e. The minimum Gasteiger partial charge on any atom is -0.465 e. The fourth-order valence-electron chi connectivity index (χ4n) is 1.22. The molecule has 2 N–H and O–H groups in total. The Bertz CT molecular complexity index is 238. The third-order valence-electron chi connectivity index (χ3n) is 1.81. The Hall–Kier alpha value is -1.52. The van der Waals surface area contributed by atoms with E-state index in [9.17, 15) is 4.79 Å². The quantitative estimate of drug-likeness (QED) is 0.652. The lowest BCUT2D eigenvalue weighted by molar-refractivity contribution is 0.193. The van der Waals surface area contributed by atoms with Crippen molar-refractivity contribution in [3.63, 3.8) is 0 Å². The van der Waals surface area contributed by atoms with Gasteiger partial charge in [-0.3, -0.25) is 4.99 Å². The lowest BCUT2D eigenvalue weighted by Crippen LogP contribution is -2.35. The second-order valence-electron chi connectivity index (χ2n) is 2.66. The Morgan fingerprint density at radius 2 is 2.62 bits per heavy atom. The second-order valence-corrected chi connectivity index (χ2v) is 2.66. The van der Waals surface area contributed by atoms with Crippen LogP contribution in [-0.2, 0) is 0 Å². The topological polar surface area (TPSA) is 64.9 Å². The molecule has 0 unspecified atom stereocenters. The molecule has 0 aliphatic carbocycles. The highest BCUT2D eigenvalue weighted by molar-refractivity contribution is 5.93. The molecule has 5 nitrogen and oxygen atoms in total. The summed E-state index contributed by atoms with van der Waals surface area (Å²) in [6.45, 7) is 6.32. The minimum atomic E-state index is -0.990. The van der Waals surface area contributed by atoms with Crippen molar-refractivity contribution in [1.82, 2.24) is 10.2 Å². The van der Waals surface area contributed by atoms with E-state index in [1.54, 1.807) is 6.08 Å². The summed E-state index contributed by atoms with van der Waals surface area (Å²) in [4.78, 5) is 16.3. The van der Waals surface area contributed by atoms with Crippen molar-refractivity contribution in [3.8, 4) is 0 Å². The van der Waals surface area contributed by atoms with Crippen molar-refractivity contribution in [2.45, 2.75) is 0 Å². The molecule has 0 bridgehead atoms. The molecule has 1 aliphatic rings. The highest BCUT2D eigenvalue weighted by Crippen LogP contribution is 2.00. The Morgan fingerprint density at radius 1 is 1.85 bits per heavy atom. The number of hydrogen-bond donors (Lipinski definition) is 2. The number of amidine groups is 1. The molecular weight excluding hydrogens is 170 g/mol. The van der Waals surface area contributed by atoms with Gasteiger partial charge in [-0.1, -0.05) is 6.58 Å². The van der Waals surface area contributed by atoms with Crippen LogP contribution in [0.4, 0.5) is 4.79 Å². The highest BCUT2D eigenvalue weighted by Gasteiger charge is 2.12. The summed E-state index contributed by atoms with van der Waals surface area (Å²) in [6, 6.07) is 0. The van der Waals surface area contributed by atoms with Gasteiger partial charge in [0.05, 0.1) is 6.54 Å². The SMILES string of the molecule is C=CC1=NCCN1CCNC(=O)O. The van der Waals surface area contributed by atoms with Crippen LogP contribution in [0.3, 0.4) is 0 Å². The summed E-state index contributed by atoms with van der Waals surface area (Å²) < 4.78 is 0. The lowest BCUT2D eigenvalue weighted by Gasteiger charge is -2.17. The summed E-state index contributed by atoms with van der Waals surface area (Å²) in [7, 11) is 0. The number of carboxylic acid groups (broad SMARTS) is 1. The number of aliphatic imine (C=N–C) groups is 1. The summed E-state index contributed by atoms with van der Waals surface area (Å²) in [5, 5.41) is 10.6. The van der Waals surface area contributed by atoms with Crippen LogP contribution in [0.15, 0.2) is 17.6 Å². The first-order valence-corrected chi connectivity index (χ1v) is 4.12. The van der Waals surface area contributed by atoms with Crippen LogP contribution in [0.1, 0.15) is 0 Å². The van der Waals surface area contributed by atoms with Gasteiger partial charge in [0, 0.05) is 19.6 Å². The Balaban J connectivity index is 2.25. The van der Waals surface area contributed by atoms with E-state index >= 15 is 0 Å². The molecule has 0 radical (unpaired) electrons. The van der Waals surface area contributed by atoms with Crippen molar-refractivity contribution in [3.05, 3.63) is 12.7 Å². The average Bonchev–Trinajstić information content (AvgIpc) is 2.51. The predicted molar refractivity (Wildman–Crippen MR) is 50.1 cm³/mol. The Kier molecular flexibility index (Phi) is 3.31. The summed E-state index contributed by atoms with van der Waals surface area (Å²) in [5.41, 5.74) is 0. The zero-order chi connectivity index (χ0) is 9.68. The van der Waals surface area contributed by atoms with E-state index in [1.807, 2.05) is 4.90 Å². The summed E-state index contributed by atoms with van der Waals surface area (Å²) in [6.07, 6.45) is 0.699. The summed E-state index contributed by atoms with van der Waals surface area (Å²) in [5.74, 6) is 0.854. The lowest BCUT2D eigenvalue weighted by atomic mass is 10.4. The minimum absolute atomic E-state index is 0.419. The zero-order valence-corrected chi connectivity index (χ0v) is 7.36. The number of amides is 1. The molecule has 0 aromatic heterocycles. The number of nitrogens with one attached hydrogen (secondary N) is 1. The van der Waals surface area contributed by atoms with E-state index in [0.29, 0.717) is 13.1 Å². The van der Waals surface area contributed by atoms with Crippen LogP contribution < -0.4 is 5.32 Å². The van der Waals surface area contributed by atoms with Crippen molar-refractivity contribution in [2.24, 2.45) is 4.99 Å². The van der Waals surface area contributed by atoms with Crippen molar-refractivity contribution in [2.75, 3.05) is 26.2 Å². The Labute approximate surface area is 76.8 Å². The monoisotopic (exact) mass is 183 g/mol. The van der Waals surface area contributed by atoms with E-state index in [2.05, 4.69) is 16.9 Å². The van der Waals surface area contributed by atoms with Crippen molar-refractivity contribution >= 4 is 11.9 Å². The standard InChI is InChI=1S/C8H13N3O2/c1-2-7-9-3-5-11(7)6-4-10-8(12)13/h2,10H,1,3-6H2,(H,12,13). The van der Waals surface area contributed by atoms with Gasteiger partial charge in [0.2, 0.25) is 0 Å². The van der Waals surface area contributed by atoms with Crippen LogP contribution in [0, 0.1) is 0 Å². The van der Waals surface area contributed by atoms with Crippen LogP contribution in [0.5, 0.6) is 0 Å². The predicted octanol–water partition coefficient (Wildman–Crippen LogP) is 0.154. The summed E-state index contributed by atoms with van der Waals surface area (Å²) >= 11 is 0. The van der Waals surface area contributed by atoms with Gasteiger partial charge in [0.15, 0.2) is 0 Å². The third kappa shape index (κ3) is 2.77. The maximum atomic E-state index is 10.1. The van der Waals surface area contributed by atoms with Crippen molar-refractivity contribution in [1.29, 1.82) is 0 Å². The molecule has 0 aromatic rings. The molecule has 0 atom stereocenters. The van der Waals surface area contributed by atoms with Crippen LogP contribution in [0.2, 0.25) is 0 Å². The molecule has 5 heteroatoms. The molecule has 1 amide bonds. The van der Waals surface area contributed by atoms with Gasteiger partial charge in [-0.2, -0.15) is 0 Å². The van der Waals surface area contributed by atoms with E-state index in [0.717, 1.165) is 18.9 Å². The largest absolute Gasteiger partial charge is 0.465 e. The number of carbonyl (C=O) groups is 1. The molecule has 72 valence electrons. The Morgan fingerprint density at radius 3 is 3.23 bits per heavy atom. The molecule has 1 rings (SSSR count). The van der Waals surface area contributed by atoms with Gasteiger partial charge in [0.1, 0.15) is 5.84 Å². The first-order chi connectivity index (χ1) is 6.24. The van der Waals surface area contributed by atoms with Gasteiger partial charge < -0.3 is 15.3 Å². The number of rotatable bonds is 4. The molecule has 0 aromatic carbocycles. The molecule has 0 saturated heterocycles. The molecule has 0 fully saturated rings. The normalized spacial score (nSPS) is 15.4. The van der Waals surface area contributed by atoms with Gasteiger partial charge in [-0.25, -0.2) is 4.79 Å². The van der Waals surface area contributed by atoms with Crippen LogP contribution >= 0.6 is 0 Å². The van der Waals surface area contributed by atoms with Gasteiger partial charge in [0.25, 0.3) is 0 Å². The molecule has 0 saturated carbocycles. The number of nitrogens with zero attached hydrogens (tertiary/aromatic N) is 2. The fraction of sp³-hybridized carbons (Fsp3) is 0.500. The second kappa shape index (κ2) is 4.49. The maximum absolute atomic E-state index is 10.1. The van der Waals surface area contributed by atoms with Gasteiger partial charge in [-0.05, 0) is 6.08 Å². The van der Waals surface area contributed by atoms with Gasteiger partial charge in [-0.15, -0.1) is 0 Å². The van der Waals surface area contributed by atoms with Crippen molar-refractivity contribution < 1.29 is 9.90 Å². The molecule has 1 heterocycles. The zero-order valence-electron chi connectivity index (χ0n) is 7.36. The molecule has 1 aliphatic heterocycles. The average molecular weight is 183 g/mol. The molecule has 13 heavy (non-hydrogen) atoms. The molecule has 0 spiro atoms.